The van der Waals surface area contributed by atoms with Crippen LogP contribution in [0.1, 0.15) is 10.4 Å². The summed E-state index contributed by atoms with van der Waals surface area (Å²) in [5.74, 6) is -0.480. The first-order valence-corrected chi connectivity index (χ1v) is 5.38. The minimum Gasteiger partial charge on any atom is -0.497 e. The van der Waals surface area contributed by atoms with Gasteiger partial charge >= 0.3 is 5.97 Å². The van der Waals surface area contributed by atoms with E-state index >= 15 is 0 Å². The second-order valence-electron chi connectivity index (χ2n) is 3.88. The van der Waals surface area contributed by atoms with Crippen LogP contribution in [0.3, 0.4) is 0 Å². The number of nitrogen functional groups attached to an aromatic ring is 1. The largest absolute Gasteiger partial charge is 0.497 e. The van der Waals surface area contributed by atoms with Crippen molar-refractivity contribution in [2.75, 3.05) is 12.8 Å². The Morgan fingerprint density at radius 3 is 2.56 bits per heavy atom. The Hall–Kier alpha value is -2.49. The summed E-state index contributed by atoms with van der Waals surface area (Å²) < 4.78 is 5.10. The molecule has 3 N–H and O–H groups in total. The summed E-state index contributed by atoms with van der Waals surface area (Å²) >= 11 is 0. The summed E-state index contributed by atoms with van der Waals surface area (Å²) in [6.45, 7) is 0. The Morgan fingerprint density at radius 2 is 1.94 bits per heavy atom. The molecule has 0 spiro atoms. The van der Waals surface area contributed by atoms with Gasteiger partial charge in [-0.1, -0.05) is 12.1 Å². The fraction of sp³-hybridized carbons (Fsp3) is 0.0714. The van der Waals surface area contributed by atoms with Gasteiger partial charge < -0.3 is 15.6 Å². The molecule has 0 saturated heterocycles. The number of ether oxygens (including phenoxy) is 1. The predicted octanol–water partition coefficient (Wildman–Crippen LogP) is 2.64. The maximum absolute atomic E-state index is 11.0. The average Bonchev–Trinajstić information content (AvgIpc) is 2.38. The molecule has 0 atom stereocenters. The highest BCUT2D eigenvalue weighted by molar-refractivity contribution is 5.90. The molecule has 0 fully saturated rings. The third-order valence-electron chi connectivity index (χ3n) is 2.61. The fourth-order valence-electron chi connectivity index (χ4n) is 1.73. The van der Waals surface area contributed by atoms with Crippen molar-refractivity contribution in [3.63, 3.8) is 0 Å². The SMILES string of the molecule is COc1cc(C(=O)O)cc(-c2cccc(N)c2)c1. The van der Waals surface area contributed by atoms with Crippen LogP contribution in [0, 0.1) is 0 Å². The normalized spacial score (nSPS) is 10.1. The molecule has 0 amide bonds. The number of hydrogen-bond acceptors (Lipinski definition) is 3. The van der Waals surface area contributed by atoms with Gasteiger partial charge in [0, 0.05) is 5.69 Å². The Bertz CT molecular complexity index is 593. The summed E-state index contributed by atoms with van der Waals surface area (Å²) in [5.41, 5.74) is 8.16. The molecule has 2 aromatic rings. The first-order valence-electron chi connectivity index (χ1n) is 5.38. The van der Waals surface area contributed by atoms with E-state index in [-0.39, 0.29) is 5.56 Å². The van der Waals surface area contributed by atoms with Crippen molar-refractivity contribution in [2.45, 2.75) is 0 Å². The van der Waals surface area contributed by atoms with Crippen molar-refractivity contribution >= 4 is 11.7 Å². The van der Waals surface area contributed by atoms with Crippen molar-refractivity contribution in [3.05, 3.63) is 48.0 Å². The van der Waals surface area contributed by atoms with E-state index in [1.54, 1.807) is 24.3 Å². The number of carboxylic acids is 1. The van der Waals surface area contributed by atoms with Gasteiger partial charge in [-0.15, -0.1) is 0 Å². The van der Waals surface area contributed by atoms with E-state index in [0.29, 0.717) is 11.4 Å². The minimum absolute atomic E-state index is 0.187. The lowest BCUT2D eigenvalue weighted by Crippen LogP contribution is -1.98. The molecule has 0 bridgehead atoms. The highest BCUT2D eigenvalue weighted by Gasteiger charge is 2.08. The second kappa shape index (κ2) is 4.79. The van der Waals surface area contributed by atoms with Crippen molar-refractivity contribution in [2.24, 2.45) is 0 Å². The van der Waals surface area contributed by atoms with Gasteiger partial charge in [-0.2, -0.15) is 0 Å². The summed E-state index contributed by atoms with van der Waals surface area (Å²) in [5, 5.41) is 9.05. The molecule has 92 valence electrons. The topological polar surface area (TPSA) is 72.5 Å². The molecule has 0 saturated carbocycles. The smallest absolute Gasteiger partial charge is 0.335 e. The van der Waals surface area contributed by atoms with Gasteiger partial charge in [-0.25, -0.2) is 4.79 Å². The Balaban J connectivity index is 2.56. The molecule has 0 aliphatic heterocycles. The van der Waals surface area contributed by atoms with Crippen LogP contribution in [0.25, 0.3) is 11.1 Å². The number of benzene rings is 2. The lowest BCUT2D eigenvalue weighted by atomic mass is 10.0. The minimum atomic E-state index is -0.987. The van der Waals surface area contributed by atoms with E-state index in [1.807, 2.05) is 12.1 Å². The number of methoxy groups -OCH3 is 1. The zero-order valence-corrected chi connectivity index (χ0v) is 9.88. The molecular weight excluding hydrogens is 230 g/mol. The third kappa shape index (κ3) is 2.43. The third-order valence-corrected chi connectivity index (χ3v) is 2.61. The highest BCUT2D eigenvalue weighted by Crippen LogP contribution is 2.27. The maximum atomic E-state index is 11.0. The van der Waals surface area contributed by atoms with Gasteiger partial charge in [-0.3, -0.25) is 0 Å². The van der Waals surface area contributed by atoms with Crippen LogP contribution in [0.15, 0.2) is 42.5 Å². The standard InChI is InChI=1S/C14H13NO3/c1-18-13-7-10(5-11(8-13)14(16)17)9-3-2-4-12(15)6-9/h2-8H,15H2,1H3,(H,16,17). The van der Waals surface area contributed by atoms with E-state index in [0.717, 1.165) is 11.1 Å². The van der Waals surface area contributed by atoms with Crippen LogP contribution in [0.2, 0.25) is 0 Å². The zero-order chi connectivity index (χ0) is 13.1. The molecule has 0 heterocycles. The first kappa shape index (κ1) is 12.0. The predicted molar refractivity (Wildman–Crippen MR) is 69.8 cm³/mol. The van der Waals surface area contributed by atoms with E-state index < -0.39 is 5.97 Å². The molecule has 0 aromatic heterocycles. The molecule has 4 nitrogen and oxygen atoms in total. The van der Waals surface area contributed by atoms with E-state index in [4.69, 9.17) is 15.6 Å². The molecule has 2 aromatic carbocycles. The van der Waals surface area contributed by atoms with Crippen molar-refractivity contribution in [3.8, 4) is 16.9 Å². The van der Waals surface area contributed by atoms with Crippen molar-refractivity contribution in [1.82, 2.24) is 0 Å². The van der Waals surface area contributed by atoms with Gasteiger partial charge in [0.05, 0.1) is 12.7 Å². The Kier molecular flexibility index (Phi) is 3.19. The summed E-state index contributed by atoms with van der Waals surface area (Å²) in [7, 11) is 1.50. The number of anilines is 1. The fourth-order valence-corrected chi connectivity index (χ4v) is 1.73. The number of carbonyl (C=O) groups is 1. The quantitative estimate of drug-likeness (QED) is 0.813. The van der Waals surface area contributed by atoms with Crippen molar-refractivity contribution < 1.29 is 14.6 Å². The summed E-state index contributed by atoms with van der Waals surface area (Å²) in [6, 6.07) is 12.1. The van der Waals surface area contributed by atoms with Gasteiger partial charge in [0.1, 0.15) is 5.75 Å². The number of carboxylic acid groups (broad SMARTS) is 1. The summed E-state index contributed by atoms with van der Waals surface area (Å²) in [6.07, 6.45) is 0. The molecular formula is C14H13NO3. The first-order chi connectivity index (χ1) is 8.60. The zero-order valence-electron chi connectivity index (χ0n) is 9.88. The molecule has 0 unspecified atom stereocenters. The second-order valence-corrected chi connectivity index (χ2v) is 3.88. The van der Waals surface area contributed by atoms with Crippen LogP contribution in [0.4, 0.5) is 5.69 Å². The van der Waals surface area contributed by atoms with Crippen LogP contribution in [-0.4, -0.2) is 18.2 Å². The maximum Gasteiger partial charge on any atom is 0.335 e. The lowest BCUT2D eigenvalue weighted by Gasteiger charge is -2.07. The Morgan fingerprint density at radius 1 is 1.17 bits per heavy atom. The molecule has 0 aliphatic rings. The molecule has 0 aliphatic carbocycles. The van der Waals surface area contributed by atoms with Gasteiger partial charge in [-0.05, 0) is 41.5 Å². The van der Waals surface area contributed by atoms with Gasteiger partial charge in [0.2, 0.25) is 0 Å². The average molecular weight is 243 g/mol. The van der Waals surface area contributed by atoms with Crippen LogP contribution >= 0.6 is 0 Å². The van der Waals surface area contributed by atoms with Crippen LogP contribution in [0.5, 0.6) is 5.75 Å². The molecule has 2 rings (SSSR count). The van der Waals surface area contributed by atoms with E-state index in [1.165, 1.54) is 13.2 Å². The Labute approximate surface area is 105 Å². The van der Waals surface area contributed by atoms with E-state index in [9.17, 15) is 4.79 Å². The monoisotopic (exact) mass is 243 g/mol. The van der Waals surface area contributed by atoms with Gasteiger partial charge in [0.25, 0.3) is 0 Å². The van der Waals surface area contributed by atoms with Gasteiger partial charge in [0.15, 0.2) is 0 Å². The number of aromatic carboxylic acids is 1. The number of nitrogens with two attached hydrogens (primary N) is 1. The van der Waals surface area contributed by atoms with Crippen LogP contribution in [-0.2, 0) is 0 Å². The summed E-state index contributed by atoms with van der Waals surface area (Å²) in [4.78, 5) is 11.0. The van der Waals surface area contributed by atoms with E-state index in [2.05, 4.69) is 0 Å². The molecule has 4 heteroatoms. The van der Waals surface area contributed by atoms with Crippen molar-refractivity contribution in [1.29, 1.82) is 0 Å². The molecule has 0 radical (unpaired) electrons. The lowest BCUT2D eigenvalue weighted by molar-refractivity contribution is 0.0696. The molecule has 18 heavy (non-hydrogen) atoms. The highest BCUT2D eigenvalue weighted by atomic mass is 16.5. The number of hydrogen-bond donors (Lipinski definition) is 2. The number of rotatable bonds is 3. The van der Waals surface area contributed by atoms with Crippen LogP contribution < -0.4 is 10.5 Å².